The number of rotatable bonds is 44. The number of hydrogen-bond donors (Lipinski definition) is 0. The molecule has 0 bridgehead atoms. The van der Waals surface area contributed by atoms with E-state index in [9.17, 15) is 0 Å². The number of thiophene rings is 7. The van der Waals surface area contributed by atoms with Crippen molar-refractivity contribution < 1.29 is 0 Å². The SMILES string of the molecule is CCCCCCCCCCCCCCCCCCCCc1ccc(-c2ccc(-c3ccc(-c4ccc(-c5ccc(-c6ccc(-c7ccc(CCCCCCCCCCCCCCCCCCCC)s7)s6)s5)s4)s3)s2)s1. The third-order valence-electron chi connectivity index (χ3n) is 15.4. The van der Waals surface area contributed by atoms with Crippen molar-refractivity contribution in [3.63, 3.8) is 0 Å². The molecule has 75 heavy (non-hydrogen) atoms. The summed E-state index contributed by atoms with van der Waals surface area (Å²) in [7, 11) is 0. The molecule has 0 aromatic carbocycles. The summed E-state index contributed by atoms with van der Waals surface area (Å²) in [6.07, 6.45) is 54.1. The third kappa shape index (κ3) is 22.5. The highest BCUT2D eigenvalue weighted by Gasteiger charge is 2.15. The van der Waals surface area contributed by atoms with Crippen LogP contribution in [-0.4, -0.2) is 0 Å². The number of unbranched alkanes of at least 4 members (excludes halogenated alkanes) is 34. The van der Waals surface area contributed by atoms with Crippen LogP contribution in [0.2, 0.25) is 0 Å². The molecule has 0 aliphatic heterocycles. The van der Waals surface area contributed by atoms with Crippen LogP contribution in [-0.2, 0) is 12.8 Å². The molecule has 7 heterocycles. The lowest BCUT2D eigenvalue weighted by Gasteiger charge is -2.04. The highest BCUT2D eigenvalue weighted by atomic mass is 32.1. The Kier molecular flexibility index (Phi) is 29.8. The van der Waals surface area contributed by atoms with Gasteiger partial charge in [-0.25, -0.2) is 0 Å². The van der Waals surface area contributed by atoms with Gasteiger partial charge in [-0.3, -0.25) is 0 Å². The van der Waals surface area contributed by atoms with Gasteiger partial charge in [0.1, 0.15) is 0 Å². The Morgan fingerprint density at radius 3 is 0.507 bits per heavy atom. The quantitative estimate of drug-likeness (QED) is 0.0334. The molecule has 0 unspecified atom stereocenters. The third-order valence-corrected chi connectivity index (χ3v) is 24.3. The molecule has 0 N–H and O–H groups in total. The molecule has 7 aromatic heterocycles. The topological polar surface area (TPSA) is 0 Å². The molecule has 0 spiro atoms. The standard InChI is InChI=1S/C68H96S7/c1-3-5-7-9-11-13-15-17-19-21-23-25-27-29-31-33-35-37-39-55-41-43-57(69-55)59-45-47-61(71-59)63-49-51-65(73-63)67-53-54-68(75-67)66-52-50-64(74-66)62-48-46-60(72-62)58-44-42-56(70-58)40-38-36-34-32-30-28-26-24-22-20-18-16-14-12-10-8-6-4-2/h41-54H,3-40H2,1-2H3. The van der Waals surface area contributed by atoms with Crippen LogP contribution >= 0.6 is 79.4 Å². The summed E-state index contributed by atoms with van der Waals surface area (Å²) >= 11 is 13.7. The van der Waals surface area contributed by atoms with Crippen molar-refractivity contribution in [3.05, 3.63) is 94.7 Å². The van der Waals surface area contributed by atoms with Gasteiger partial charge in [-0.15, -0.1) is 79.4 Å². The Morgan fingerprint density at radius 1 is 0.173 bits per heavy atom. The van der Waals surface area contributed by atoms with Gasteiger partial charge in [0.2, 0.25) is 0 Å². The summed E-state index contributed by atoms with van der Waals surface area (Å²) < 4.78 is 0. The second-order valence-corrected chi connectivity index (χ2v) is 29.6. The lowest BCUT2D eigenvalue weighted by atomic mass is 10.0. The average molecular weight is 1140 g/mol. The summed E-state index contributed by atoms with van der Waals surface area (Å²) in [5, 5.41) is 0. The molecule has 0 aliphatic rings. The summed E-state index contributed by atoms with van der Waals surface area (Å²) in [4.78, 5) is 19.8. The minimum absolute atomic E-state index is 1.23. The van der Waals surface area contributed by atoms with Gasteiger partial charge in [0, 0.05) is 68.3 Å². The molecule has 0 atom stereocenters. The van der Waals surface area contributed by atoms with Crippen molar-refractivity contribution in [1.82, 2.24) is 0 Å². The number of aryl methyl sites for hydroxylation is 2. The zero-order valence-corrected chi connectivity index (χ0v) is 52.5. The van der Waals surface area contributed by atoms with Crippen LogP contribution in [0.25, 0.3) is 58.5 Å². The smallest absolute Gasteiger partial charge is 0.0449 e. The van der Waals surface area contributed by atoms with E-state index in [-0.39, 0.29) is 0 Å². The predicted molar refractivity (Wildman–Crippen MR) is 349 cm³/mol. The first kappa shape index (κ1) is 60.5. The van der Waals surface area contributed by atoms with E-state index in [2.05, 4.69) is 98.8 Å². The van der Waals surface area contributed by atoms with E-state index in [1.54, 1.807) is 9.75 Å². The minimum Gasteiger partial charge on any atom is -0.139 e. The van der Waals surface area contributed by atoms with Crippen LogP contribution in [0.4, 0.5) is 0 Å². The normalized spacial score (nSPS) is 11.8. The average Bonchev–Trinajstić information content (AvgIpc) is 4.28. The van der Waals surface area contributed by atoms with Crippen molar-refractivity contribution in [2.75, 3.05) is 0 Å². The maximum atomic E-state index is 2.39. The lowest BCUT2D eigenvalue weighted by Crippen LogP contribution is -1.85. The van der Waals surface area contributed by atoms with Gasteiger partial charge in [0.25, 0.3) is 0 Å². The molecule has 410 valence electrons. The fourth-order valence-corrected chi connectivity index (χ4v) is 18.4. The van der Waals surface area contributed by atoms with Crippen LogP contribution in [0.15, 0.2) is 84.9 Å². The summed E-state index contributed by atoms with van der Waals surface area (Å²) in [6, 6.07) is 32.9. The Hall–Kier alpha value is -2.10. The first-order chi connectivity index (χ1) is 37.2. The highest BCUT2D eigenvalue weighted by molar-refractivity contribution is 7.31. The van der Waals surface area contributed by atoms with Gasteiger partial charge in [-0.1, -0.05) is 232 Å². The van der Waals surface area contributed by atoms with E-state index in [4.69, 9.17) is 0 Å². The molecular weight excluding hydrogens is 1040 g/mol. The van der Waals surface area contributed by atoms with Crippen molar-refractivity contribution in [2.24, 2.45) is 0 Å². The molecule has 7 aromatic rings. The fraction of sp³-hybridized carbons (Fsp3) is 0.588. The molecule has 7 rings (SSSR count). The zero-order valence-electron chi connectivity index (χ0n) is 46.8. The Balaban J connectivity index is 0.736. The van der Waals surface area contributed by atoms with E-state index in [0.29, 0.717) is 0 Å². The maximum Gasteiger partial charge on any atom is 0.0449 e. The first-order valence-corrected chi connectivity index (χ1v) is 36.6. The Labute approximate surface area is 486 Å². The van der Waals surface area contributed by atoms with Gasteiger partial charge in [0.15, 0.2) is 0 Å². The summed E-state index contributed by atoms with van der Waals surface area (Å²) in [5.41, 5.74) is 0. The Bertz CT molecular complexity index is 2320. The van der Waals surface area contributed by atoms with Gasteiger partial charge in [-0.2, -0.15) is 0 Å². The largest absolute Gasteiger partial charge is 0.139 e. The van der Waals surface area contributed by atoms with Crippen molar-refractivity contribution in [2.45, 2.75) is 258 Å². The molecule has 0 nitrogen and oxygen atoms in total. The van der Waals surface area contributed by atoms with E-state index in [1.165, 1.54) is 303 Å². The summed E-state index contributed by atoms with van der Waals surface area (Å²) in [5.74, 6) is 0. The van der Waals surface area contributed by atoms with E-state index in [0.717, 1.165) is 0 Å². The number of hydrogen-bond acceptors (Lipinski definition) is 7. The molecule has 0 saturated carbocycles. The highest BCUT2D eigenvalue weighted by Crippen LogP contribution is 2.47. The van der Waals surface area contributed by atoms with Crippen LogP contribution in [0.5, 0.6) is 0 Å². The lowest BCUT2D eigenvalue weighted by molar-refractivity contribution is 0.525. The molecule has 0 aliphatic carbocycles. The maximum absolute atomic E-state index is 2.39. The van der Waals surface area contributed by atoms with Gasteiger partial charge < -0.3 is 0 Å². The van der Waals surface area contributed by atoms with Crippen LogP contribution < -0.4 is 0 Å². The van der Waals surface area contributed by atoms with Gasteiger partial charge in [0.05, 0.1) is 0 Å². The van der Waals surface area contributed by atoms with E-state index in [1.807, 2.05) is 79.4 Å². The molecule has 7 heteroatoms. The predicted octanol–water partition coefficient (Wildman–Crippen LogP) is 27.3. The van der Waals surface area contributed by atoms with Gasteiger partial charge >= 0.3 is 0 Å². The Morgan fingerprint density at radius 2 is 0.320 bits per heavy atom. The zero-order chi connectivity index (χ0) is 51.8. The molecule has 0 radical (unpaired) electrons. The van der Waals surface area contributed by atoms with Crippen LogP contribution in [0.1, 0.15) is 255 Å². The minimum atomic E-state index is 1.23. The monoisotopic (exact) mass is 1140 g/mol. The molecule has 0 saturated heterocycles. The molecule has 0 amide bonds. The molecule has 0 fully saturated rings. The first-order valence-electron chi connectivity index (χ1n) is 30.9. The van der Waals surface area contributed by atoms with Crippen molar-refractivity contribution in [1.29, 1.82) is 0 Å². The van der Waals surface area contributed by atoms with Crippen LogP contribution in [0.3, 0.4) is 0 Å². The molecular formula is C68H96S7. The second-order valence-electron chi connectivity index (χ2n) is 21.9. The van der Waals surface area contributed by atoms with E-state index < -0.39 is 0 Å². The van der Waals surface area contributed by atoms with Crippen molar-refractivity contribution >= 4 is 79.4 Å². The van der Waals surface area contributed by atoms with Crippen molar-refractivity contribution in [3.8, 4) is 58.5 Å². The van der Waals surface area contributed by atoms with Gasteiger partial charge in [-0.05, 0) is 111 Å². The fourth-order valence-electron chi connectivity index (χ4n) is 10.7. The van der Waals surface area contributed by atoms with E-state index >= 15 is 0 Å². The summed E-state index contributed by atoms with van der Waals surface area (Å²) in [6.45, 7) is 4.62. The van der Waals surface area contributed by atoms with Crippen LogP contribution in [0, 0.1) is 0 Å². The second kappa shape index (κ2) is 37.0.